The lowest BCUT2D eigenvalue weighted by Gasteiger charge is -2.02. The van der Waals surface area contributed by atoms with E-state index in [0.717, 1.165) is 0 Å². The van der Waals surface area contributed by atoms with Gasteiger partial charge in [0.1, 0.15) is 0 Å². The number of hydrogen-bond donors (Lipinski definition) is 3. The van der Waals surface area contributed by atoms with Crippen LogP contribution in [0.15, 0.2) is 12.7 Å². The normalized spacial score (nSPS) is 10.8. The van der Waals surface area contributed by atoms with Gasteiger partial charge in [0.25, 0.3) is 0 Å². The lowest BCUT2D eigenvalue weighted by atomic mass is 10.5. The molecule has 9 heavy (non-hydrogen) atoms. The Balaban J connectivity index is 0. The molecule has 0 rings (SSSR count). The summed E-state index contributed by atoms with van der Waals surface area (Å²) in [7, 11) is 0. The van der Waals surface area contributed by atoms with Crippen LogP contribution in [0, 0.1) is 0 Å². The van der Waals surface area contributed by atoms with Crippen LogP contribution in [0.2, 0.25) is 0 Å². The molecule has 0 aromatic heterocycles. The molecule has 1 amide bonds. The summed E-state index contributed by atoms with van der Waals surface area (Å²) in [5.41, 5.74) is 5.06. The molecule has 0 spiro atoms. The summed E-state index contributed by atoms with van der Waals surface area (Å²) in [4.78, 5) is 9.73. The van der Waals surface area contributed by atoms with Crippen LogP contribution in [0.3, 0.4) is 0 Å². The van der Waals surface area contributed by atoms with Gasteiger partial charge < -0.3 is 16.2 Å². The number of nitrogens with one attached hydrogen (secondary N) is 1. The Bertz CT molecular complexity index is 103. The van der Waals surface area contributed by atoms with Gasteiger partial charge in [0.05, 0.1) is 6.17 Å². The second-order valence-electron chi connectivity index (χ2n) is 1.21. The SMILES string of the molecule is C.C=CC(N)NC(=O)O. The van der Waals surface area contributed by atoms with Gasteiger partial charge in [-0.15, -0.1) is 0 Å². The third-order valence-electron chi connectivity index (χ3n) is 0.544. The fraction of sp³-hybridized carbons (Fsp3) is 0.400. The monoisotopic (exact) mass is 132 g/mol. The molecule has 0 aromatic carbocycles. The molecule has 0 bridgehead atoms. The van der Waals surface area contributed by atoms with E-state index in [1.54, 1.807) is 0 Å². The molecule has 1 unspecified atom stereocenters. The van der Waals surface area contributed by atoms with Gasteiger partial charge in [-0.3, -0.25) is 0 Å². The maximum Gasteiger partial charge on any atom is 0.406 e. The van der Waals surface area contributed by atoms with Crippen molar-refractivity contribution in [1.82, 2.24) is 5.32 Å². The van der Waals surface area contributed by atoms with Crippen molar-refractivity contribution in [2.24, 2.45) is 5.73 Å². The largest absolute Gasteiger partial charge is 0.465 e. The highest BCUT2D eigenvalue weighted by Crippen LogP contribution is 1.69. The van der Waals surface area contributed by atoms with E-state index in [1.165, 1.54) is 6.08 Å². The van der Waals surface area contributed by atoms with Gasteiger partial charge in [-0.1, -0.05) is 20.1 Å². The minimum Gasteiger partial charge on any atom is -0.465 e. The molecule has 0 aliphatic rings. The molecule has 54 valence electrons. The first kappa shape index (κ1) is 10.9. The van der Waals surface area contributed by atoms with E-state index < -0.39 is 12.3 Å². The Kier molecular flexibility index (Phi) is 6.17. The summed E-state index contributed by atoms with van der Waals surface area (Å²) in [6.07, 6.45) is -0.501. The van der Waals surface area contributed by atoms with Crippen LogP contribution in [0.1, 0.15) is 7.43 Å². The molecular formula is C5H12N2O2. The zero-order valence-corrected chi connectivity index (χ0v) is 4.29. The van der Waals surface area contributed by atoms with Crippen molar-refractivity contribution in [3.63, 3.8) is 0 Å². The van der Waals surface area contributed by atoms with Crippen LogP contribution in [0.5, 0.6) is 0 Å². The van der Waals surface area contributed by atoms with Gasteiger partial charge in [-0.25, -0.2) is 4.79 Å². The van der Waals surface area contributed by atoms with E-state index in [0.29, 0.717) is 0 Å². The standard InChI is InChI=1S/C4H8N2O2.CH4/c1-2-3(5)6-4(7)8;/h2-3,6H,1,5H2,(H,7,8);1H4. The Labute approximate surface area is 54.4 Å². The van der Waals surface area contributed by atoms with Crippen LogP contribution >= 0.6 is 0 Å². The fourth-order valence-electron chi connectivity index (χ4n) is 0.202. The fourth-order valence-corrected chi connectivity index (χ4v) is 0.202. The zero-order chi connectivity index (χ0) is 6.57. The second-order valence-corrected chi connectivity index (χ2v) is 1.21. The predicted molar refractivity (Wildman–Crippen MR) is 36.1 cm³/mol. The van der Waals surface area contributed by atoms with E-state index in [1.807, 2.05) is 5.32 Å². The minimum absolute atomic E-state index is 0. The molecule has 4 heteroatoms. The lowest BCUT2D eigenvalue weighted by molar-refractivity contribution is 0.192. The maximum absolute atomic E-state index is 9.73. The summed E-state index contributed by atoms with van der Waals surface area (Å²) >= 11 is 0. The topological polar surface area (TPSA) is 75.3 Å². The van der Waals surface area contributed by atoms with E-state index in [9.17, 15) is 4.79 Å². The first-order valence-corrected chi connectivity index (χ1v) is 2.04. The van der Waals surface area contributed by atoms with Gasteiger partial charge in [0, 0.05) is 0 Å². The van der Waals surface area contributed by atoms with Crippen molar-refractivity contribution in [3.8, 4) is 0 Å². The number of nitrogens with two attached hydrogens (primary N) is 1. The molecule has 0 aromatic rings. The van der Waals surface area contributed by atoms with Crippen molar-refractivity contribution >= 4 is 6.09 Å². The average molecular weight is 132 g/mol. The zero-order valence-electron chi connectivity index (χ0n) is 4.29. The maximum atomic E-state index is 9.73. The third-order valence-corrected chi connectivity index (χ3v) is 0.544. The van der Waals surface area contributed by atoms with Gasteiger partial charge in [0.15, 0.2) is 0 Å². The molecule has 4 nitrogen and oxygen atoms in total. The number of amides is 1. The molecule has 0 saturated carbocycles. The van der Waals surface area contributed by atoms with Crippen molar-refractivity contribution in [1.29, 1.82) is 0 Å². The predicted octanol–water partition coefficient (Wildman–Crippen LogP) is 0.361. The summed E-state index contributed by atoms with van der Waals surface area (Å²) in [6.45, 7) is 3.26. The number of carboxylic acid groups (broad SMARTS) is 1. The molecule has 1 atom stereocenters. The first-order chi connectivity index (χ1) is 3.66. The molecule has 4 N–H and O–H groups in total. The molecular weight excluding hydrogens is 120 g/mol. The third kappa shape index (κ3) is 6.97. The molecule has 0 fully saturated rings. The molecule has 0 radical (unpaired) electrons. The van der Waals surface area contributed by atoms with Gasteiger partial charge in [0.2, 0.25) is 0 Å². The van der Waals surface area contributed by atoms with Crippen molar-refractivity contribution < 1.29 is 9.90 Å². The molecule has 0 saturated heterocycles. The second kappa shape index (κ2) is 5.11. The Morgan fingerprint density at radius 1 is 1.89 bits per heavy atom. The van der Waals surface area contributed by atoms with Crippen LogP contribution in [0.4, 0.5) is 4.79 Å². The van der Waals surface area contributed by atoms with E-state index in [-0.39, 0.29) is 7.43 Å². The lowest BCUT2D eigenvalue weighted by Crippen LogP contribution is -2.38. The van der Waals surface area contributed by atoms with E-state index in [4.69, 9.17) is 10.8 Å². The van der Waals surface area contributed by atoms with Gasteiger partial charge in [-0.05, 0) is 0 Å². The summed E-state index contributed by atoms with van der Waals surface area (Å²) in [5, 5.41) is 9.94. The van der Waals surface area contributed by atoms with Crippen molar-refractivity contribution in [2.75, 3.05) is 0 Å². The average Bonchev–Trinajstić information content (AvgIpc) is 1.65. The summed E-state index contributed by atoms with van der Waals surface area (Å²) in [5.74, 6) is 0. The molecule has 0 aliphatic carbocycles. The quantitative estimate of drug-likeness (QED) is 0.375. The highest BCUT2D eigenvalue weighted by atomic mass is 16.4. The summed E-state index contributed by atoms with van der Waals surface area (Å²) in [6, 6.07) is 0. The minimum atomic E-state index is -1.14. The van der Waals surface area contributed by atoms with Crippen LogP contribution in [-0.4, -0.2) is 17.4 Å². The number of carbonyl (C=O) groups is 1. The van der Waals surface area contributed by atoms with Crippen LogP contribution < -0.4 is 11.1 Å². The van der Waals surface area contributed by atoms with Gasteiger partial charge in [-0.2, -0.15) is 0 Å². The molecule has 0 heterocycles. The van der Waals surface area contributed by atoms with E-state index >= 15 is 0 Å². The number of rotatable bonds is 2. The Morgan fingerprint density at radius 3 is 2.44 bits per heavy atom. The van der Waals surface area contributed by atoms with Crippen molar-refractivity contribution in [2.45, 2.75) is 13.6 Å². The van der Waals surface area contributed by atoms with Crippen LogP contribution in [-0.2, 0) is 0 Å². The van der Waals surface area contributed by atoms with E-state index in [2.05, 4.69) is 6.58 Å². The highest BCUT2D eigenvalue weighted by molar-refractivity contribution is 5.64. The van der Waals surface area contributed by atoms with Crippen molar-refractivity contribution in [3.05, 3.63) is 12.7 Å². The van der Waals surface area contributed by atoms with Crippen LogP contribution in [0.25, 0.3) is 0 Å². The Morgan fingerprint density at radius 2 is 2.33 bits per heavy atom. The molecule has 0 aliphatic heterocycles. The van der Waals surface area contributed by atoms with Gasteiger partial charge >= 0.3 is 6.09 Å². The highest BCUT2D eigenvalue weighted by Gasteiger charge is 1.96. The smallest absolute Gasteiger partial charge is 0.406 e. The summed E-state index contributed by atoms with van der Waals surface area (Å²) < 4.78 is 0. The number of hydrogen-bond acceptors (Lipinski definition) is 2. The first-order valence-electron chi connectivity index (χ1n) is 2.04. The Hall–Kier alpha value is -1.03.